The molecule has 0 aliphatic heterocycles. The SMILES string of the molecule is CC(C)OC(=O)c1ccccc1OC(=O)/C=C/C(=O)Oc1ccccc1C(=O)OC(C)C. The monoisotopic (exact) mass is 440 g/mol. The van der Waals surface area contributed by atoms with Crippen LogP contribution in [0.1, 0.15) is 48.4 Å². The highest BCUT2D eigenvalue weighted by Gasteiger charge is 2.18. The molecule has 0 spiro atoms. The van der Waals surface area contributed by atoms with E-state index in [4.69, 9.17) is 18.9 Å². The van der Waals surface area contributed by atoms with E-state index in [0.29, 0.717) is 0 Å². The molecular weight excluding hydrogens is 416 g/mol. The lowest BCUT2D eigenvalue weighted by molar-refractivity contribution is -0.131. The van der Waals surface area contributed by atoms with Gasteiger partial charge in [0.15, 0.2) is 0 Å². The van der Waals surface area contributed by atoms with Gasteiger partial charge in [-0.15, -0.1) is 0 Å². The minimum Gasteiger partial charge on any atom is -0.459 e. The summed E-state index contributed by atoms with van der Waals surface area (Å²) in [5.41, 5.74) is 0.145. The zero-order valence-corrected chi connectivity index (χ0v) is 18.2. The Balaban J connectivity index is 2.05. The highest BCUT2D eigenvalue weighted by molar-refractivity contribution is 5.98. The number of benzene rings is 2. The molecule has 8 heteroatoms. The molecule has 0 fully saturated rings. The maximum atomic E-state index is 12.1. The molecule has 0 radical (unpaired) electrons. The van der Waals surface area contributed by atoms with Crippen molar-refractivity contribution in [3.63, 3.8) is 0 Å². The second kappa shape index (κ2) is 11.5. The molecule has 0 amide bonds. The van der Waals surface area contributed by atoms with Crippen molar-refractivity contribution in [1.29, 1.82) is 0 Å². The summed E-state index contributed by atoms with van der Waals surface area (Å²) in [7, 11) is 0. The summed E-state index contributed by atoms with van der Waals surface area (Å²) in [6.45, 7) is 6.78. The number of hydrogen-bond acceptors (Lipinski definition) is 8. The average molecular weight is 440 g/mol. The Morgan fingerprint density at radius 1 is 0.625 bits per heavy atom. The van der Waals surface area contributed by atoms with Crippen molar-refractivity contribution < 1.29 is 38.1 Å². The highest BCUT2D eigenvalue weighted by atomic mass is 16.6. The minimum absolute atomic E-state index is 0.0112. The zero-order valence-electron chi connectivity index (χ0n) is 18.2. The molecule has 168 valence electrons. The molecule has 0 aliphatic rings. The Hall–Kier alpha value is -3.94. The molecule has 0 aliphatic carbocycles. The Labute approximate surface area is 185 Å². The topological polar surface area (TPSA) is 105 Å². The van der Waals surface area contributed by atoms with E-state index < -0.39 is 23.9 Å². The number of carbonyl (C=O) groups is 4. The molecular formula is C24H24O8. The third kappa shape index (κ3) is 7.39. The van der Waals surface area contributed by atoms with Gasteiger partial charge in [-0.3, -0.25) is 0 Å². The summed E-state index contributed by atoms with van der Waals surface area (Å²) < 4.78 is 20.5. The minimum atomic E-state index is -0.903. The number of carbonyl (C=O) groups excluding carboxylic acids is 4. The van der Waals surface area contributed by atoms with Gasteiger partial charge in [-0.1, -0.05) is 24.3 Å². The lowest BCUT2D eigenvalue weighted by Gasteiger charge is -2.11. The predicted molar refractivity (Wildman–Crippen MR) is 114 cm³/mol. The van der Waals surface area contributed by atoms with Crippen molar-refractivity contribution in [2.75, 3.05) is 0 Å². The Bertz CT molecular complexity index is 939. The maximum absolute atomic E-state index is 12.1. The van der Waals surface area contributed by atoms with Crippen molar-refractivity contribution in [3.8, 4) is 11.5 Å². The van der Waals surface area contributed by atoms with Crippen LogP contribution in [0.25, 0.3) is 0 Å². The number of esters is 4. The summed E-state index contributed by atoms with van der Waals surface area (Å²) in [5, 5.41) is 0. The second-order valence-electron chi connectivity index (χ2n) is 7.08. The van der Waals surface area contributed by atoms with Crippen LogP contribution in [0.15, 0.2) is 60.7 Å². The summed E-state index contributed by atoms with van der Waals surface area (Å²) in [5.74, 6) is -3.11. The van der Waals surface area contributed by atoms with E-state index in [1.165, 1.54) is 24.3 Å². The summed E-state index contributed by atoms with van der Waals surface area (Å²) in [6.07, 6.45) is 1.01. The molecule has 0 unspecified atom stereocenters. The average Bonchev–Trinajstić information content (AvgIpc) is 2.72. The van der Waals surface area contributed by atoms with Gasteiger partial charge in [0.05, 0.1) is 12.2 Å². The zero-order chi connectivity index (χ0) is 23.7. The smallest absolute Gasteiger partial charge is 0.342 e. The van der Waals surface area contributed by atoms with Gasteiger partial charge >= 0.3 is 23.9 Å². The van der Waals surface area contributed by atoms with Crippen LogP contribution >= 0.6 is 0 Å². The number of rotatable bonds is 8. The van der Waals surface area contributed by atoms with Gasteiger partial charge in [-0.25, -0.2) is 19.2 Å². The molecule has 32 heavy (non-hydrogen) atoms. The summed E-state index contributed by atoms with van der Waals surface area (Å²) >= 11 is 0. The summed E-state index contributed by atoms with van der Waals surface area (Å²) in [4.78, 5) is 48.5. The first kappa shape index (κ1) is 24.3. The van der Waals surface area contributed by atoms with Crippen LogP contribution < -0.4 is 9.47 Å². The molecule has 0 atom stereocenters. The van der Waals surface area contributed by atoms with E-state index in [-0.39, 0.29) is 34.8 Å². The molecule has 0 saturated heterocycles. The summed E-state index contributed by atoms with van der Waals surface area (Å²) in [6, 6.07) is 12.1. The Morgan fingerprint density at radius 2 is 0.969 bits per heavy atom. The molecule has 8 nitrogen and oxygen atoms in total. The first-order valence-corrected chi connectivity index (χ1v) is 9.89. The Kier molecular flexibility index (Phi) is 8.71. The van der Waals surface area contributed by atoms with Crippen molar-refractivity contribution in [2.24, 2.45) is 0 Å². The van der Waals surface area contributed by atoms with Gasteiger partial charge in [0.1, 0.15) is 22.6 Å². The van der Waals surface area contributed by atoms with Crippen molar-refractivity contribution in [3.05, 3.63) is 71.8 Å². The predicted octanol–water partition coefficient (Wildman–Crippen LogP) is 3.88. The molecule has 0 N–H and O–H groups in total. The first-order chi connectivity index (χ1) is 15.2. The van der Waals surface area contributed by atoms with Crippen LogP contribution in [0, 0.1) is 0 Å². The van der Waals surface area contributed by atoms with Crippen molar-refractivity contribution in [1.82, 2.24) is 0 Å². The van der Waals surface area contributed by atoms with E-state index in [9.17, 15) is 19.2 Å². The molecule has 2 aromatic carbocycles. The van der Waals surface area contributed by atoms with Gasteiger partial charge < -0.3 is 18.9 Å². The molecule has 2 rings (SSSR count). The van der Waals surface area contributed by atoms with Crippen LogP contribution in [0.5, 0.6) is 11.5 Å². The van der Waals surface area contributed by atoms with Gasteiger partial charge in [0.2, 0.25) is 0 Å². The molecule has 2 aromatic rings. The lowest BCUT2D eigenvalue weighted by Crippen LogP contribution is -2.15. The fraction of sp³-hybridized carbons (Fsp3) is 0.250. The largest absolute Gasteiger partial charge is 0.459 e. The fourth-order valence-electron chi connectivity index (χ4n) is 2.42. The van der Waals surface area contributed by atoms with E-state index >= 15 is 0 Å². The molecule has 0 heterocycles. The van der Waals surface area contributed by atoms with E-state index in [2.05, 4.69) is 0 Å². The van der Waals surface area contributed by atoms with Crippen LogP contribution in [0.2, 0.25) is 0 Å². The fourth-order valence-corrected chi connectivity index (χ4v) is 2.42. The number of ether oxygens (including phenoxy) is 4. The van der Waals surface area contributed by atoms with Crippen molar-refractivity contribution in [2.45, 2.75) is 39.9 Å². The van der Waals surface area contributed by atoms with E-state index in [0.717, 1.165) is 12.2 Å². The van der Waals surface area contributed by atoms with Gasteiger partial charge in [-0.2, -0.15) is 0 Å². The molecule has 0 saturated carbocycles. The third-order valence-electron chi connectivity index (χ3n) is 3.68. The standard InChI is InChI=1S/C24H24O8/c1-15(2)29-23(27)17-9-5-7-11-19(17)31-21(25)13-14-22(26)32-20-12-8-6-10-18(20)24(28)30-16(3)4/h5-16H,1-4H3/b14-13+. The quantitative estimate of drug-likeness (QED) is 0.346. The maximum Gasteiger partial charge on any atom is 0.342 e. The van der Waals surface area contributed by atoms with Crippen LogP contribution in [-0.2, 0) is 19.1 Å². The van der Waals surface area contributed by atoms with Gasteiger partial charge in [-0.05, 0) is 52.0 Å². The molecule has 0 aromatic heterocycles. The van der Waals surface area contributed by atoms with E-state index in [1.54, 1.807) is 52.0 Å². The van der Waals surface area contributed by atoms with E-state index in [1.807, 2.05) is 0 Å². The first-order valence-electron chi connectivity index (χ1n) is 9.89. The normalized spacial score (nSPS) is 10.8. The van der Waals surface area contributed by atoms with Crippen LogP contribution in [0.4, 0.5) is 0 Å². The van der Waals surface area contributed by atoms with Gasteiger partial charge in [0.25, 0.3) is 0 Å². The second-order valence-corrected chi connectivity index (χ2v) is 7.08. The van der Waals surface area contributed by atoms with Crippen LogP contribution in [-0.4, -0.2) is 36.1 Å². The number of hydrogen-bond donors (Lipinski definition) is 0. The van der Waals surface area contributed by atoms with Crippen LogP contribution in [0.3, 0.4) is 0 Å². The van der Waals surface area contributed by atoms with Crippen molar-refractivity contribution >= 4 is 23.9 Å². The number of para-hydroxylation sites is 2. The lowest BCUT2D eigenvalue weighted by atomic mass is 10.2. The molecule has 0 bridgehead atoms. The highest BCUT2D eigenvalue weighted by Crippen LogP contribution is 2.21. The third-order valence-corrected chi connectivity index (χ3v) is 3.68. The van der Waals surface area contributed by atoms with Gasteiger partial charge in [0, 0.05) is 12.2 Å². The Morgan fingerprint density at radius 3 is 1.31 bits per heavy atom.